The molecule has 2 aromatic carbocycles. The number of nitro groups is 1. The van der Waals surface area contributed by atoms with Gasteiger partial charge in [0.15, 0.2) is 0 Å². The largest absolute Gasteiger partial charge is 0.466 e. The van der Waals surface area contributed by atoms with Gasteiger partial charge in [-0.1, -0.05) is 42.5 Å². The molecule has 10 nitrogen and oxygen atoms in total. The van der Waals surface area contributed by atoms with Crippen LogP contribution in [-0.4, -0.2) is 37.1 Å². The van der Waals surface area contributed by atoms with Gasteiger partial charge in [0.25, 0.3) is 12.2 Å². The Bertz CT molecular complexity index is 1240. The molecule has 0 saturated heterocycles. The van der Waals surface area contributed by atoms with Crippen LogP contribution < -0.4 is 5.32 Å². The number of nitrogens with zero attached hydrogens (tertiary/aromatic N) is 1. The number of non-ortho nitro benzene ring substituents is 1. The number of nitrogens with one attached hydrogen (secondary N) is 1. The maximum absolute atomic E-state index is 13.3. The maximum atomic E-state index is 13.3. The number of carbonyl (C=O) groups excluding carboxylic acids is 3. The summed E-state index contributed by atoms with van der Waals surface area (Å²) < 4.78 is 15.7. The lowest BCUT2D eigenvalue weighted by atomic mass is 9.79. The molecule has 0 fully saturated rings. The van der Waals surface area contributed by atoms with Gasteiger partial charge in [-0.05, 0) is 37.8 Å². The second-order valence-electron chi connectivity index (χ2n) is 8.22. The fraction of sp³-hybridized carbons (Fsp3) is 0.296. The summed E-state index contributed by atoms with van der Waals surface area (Å²) in [6, 6.07) is 14.9. The van der Waals surface area contributed by atoms with E-state index in [1.165, 1.54) is 25.3 Å². The van der Waals surface area contributed by atoms with Crippen LogP contribution in [0.5, 0.6) is 0 Å². The minimum absolute atomic E-state index is 0.0778. The molecule has 37 heavy (non-hydrogen) atoms. The summed E-state index contributed by atoms with van der Waals surface area (Å²) in [6.45, 7) is 3.77. The number of hydrogen-bond donors (Lipinski definition) is 1. The van der Waals surface area contributed by atoms with Gasteiger partial charge in [0.1, 0.15) is 6.10 Å². The van der Waals surface area contributed by atoms with Crippen molar-refractivity contribution in [3.63, 3.8) is 0 Å². The summed E-state index contributed by atoms with van der Waals surface area (Å²) in [5, 5.41) is 14.6. The summed E-state index contributed by atoms with van der Waals surface area (Å²) >= 11 is 0. The first kappa shape index (κ1) is 27.1. The predicted octanol–water partition coefficient (Wildman–Crippen LogP) is 4.24. The fourth-order valence-electron chi connectivity index (χ4n) is 4.40. The Morgan fingerprint density at radius 2 is 1.84 bits per heavy atom. The van der Waals surface area contributed by atoms with E-state index in [0.29, 0.717) is 29.9 Å². The van der Waals surface area contributed by atoms with E-state index < -0.39 is 28.9 Å². The van der Waals surface area contributed by atoms with Gasteiger partial charge < -0.3 is 19.5 Å². The highest BCUT2D eigenvalue weighted by atomic mass is 16.6. The lowest BCUT2D eigenvalue weighted by Gasteiger charge is -2.31. The average molecular weight is 509 g/mol. The van der Waals surface area contributed by atoms with Crippen molar-refractivity contribution in [2.24, 2.45) is 0 Å². The van der Waals surface area contributed by atoms with Crippen molar-refractivity contribution in [2.75, 3.05) is 13.7 Å². The first-order chi connectivity index (χ1) is 17.8. The van der Waals surface area contributed by atoms with Crippen molar-refractivity contribution in [1.29, 1.82) is 0 Å². The molecule has 0 aromatic heterocycles. The zero-order valence-corrected chi connectivity index (χ0v) is 20.8. The molecule has 10 heteroatoms. The van der Waals surface area contributed by atoms with Crippen LogP contribution in [0.4, 0.5) is 5.69 Å². The first-order valence-electron chi connectivity index (χ1n) is 11.7. The lowest BCUT2D eigenvalue weighted by Crippen LogP contribution is -2.33. The molecule has 1 N–H and O–H groups in total. The van der Waals surface area contributed by atoms with Gasteiger partial charge in [-0.15, -0.1) is 0 Å². The van der Waals surface area contributed by atoms with E-state index in [2.05, 4.69) is 5.32 Å². The second-order valence-corrected chi connectivity index (χ2v) is 8.22. The molecule has 0 spiro atoms. The topological polar surface area (TPSA) is 134 Å². The molecule has 0 radical (unpaired) electrons. The van der Waals surface area contributed by atoms with Crippen LogP contribution in [-0.2, 0) is 28.6 Å². The van der Waals surface area contributed by atoms with Crippen LogP contribution in [0.3, 0.4) is 0 Å². The molecule has 1 aliphatic heterocycles. The van der Waals surface area contributed by atoms with Crippen molar-refractivity contribution in [3.8, 4) is 0 Å². The molecular weight excluding hydrogens is 480 g/mol. The van der Waals surface area contributed by atoms with Gasteiger partial charge in [-0.25, -0.2) is 9.59 Å². The van der Waals surface area contributed by atoms with E-state index in [1.807, 2.05) is 30.3 Å². The Labute approximate surface area is 214 Å². The van der Waals surface area contributed by atoms with E-state index in [4.69, 9.17) is 14.2 Å². The van der Waals surface area contributed by atoms with Crippen molar-refractivity contribution >= 4 is 24.1 Å². The van der Waals surface area contributed by atoms with Crippen LogP contribution in [0, 0.1) is 10.1 Å². The van der Waals surface area contributed by atoms with Crippen LogP contribution in [0.15, 0.2) is 77.1 Å². The third-order valence-corrected chi connectivity index (χ3v) is 6.01. The van der Waals surface area contributed by atoms with E-state index in [9.17, 15) is 24.5 Å². The lowest BCUT2D eigenvalue weighted by molar-refractivity contribution is -0.384. The van der Waals surface area contributed by atoms with Crippen molar-refractivity contribution < 1.29 is 33.5 Å². The number of dihydropyridines is 1. The van der Waals surface area contributed by atoms with Crippen LogP contribution >= 0.6 is 0 Å². The van der Waals surface area contributed by atoms with Gasteiger partial charge in [-0.2, -0.15) is 0 Å². The van der Waals surface area contributed by atoms with Crippen molar-refractivity contribution in [1.82, 2.24) is 5.32 Å². The minimum atomic E-state index is -0.982. The molecule has 2 atom stereocenters. The molecule has 0 amide bonds. The number of nitro benzene ring substituents is 1. The van der Waals surface area contributed by atoms with Gasteiger partial charge in [0.2, 0.25) is 0 Å². The summed E-state index contributed by atoms with van der Waals surface area (Å²) in [6.07, 6.45) is -0.0195. The number of allylic oxidation sites excluding steroid dienone is 2. The van der Waals surface area contributed by atoms with Crippen molar-refractivity contribution in [3.05, 3.63) is 98.4 Å². The van der Waals surface area contributed by atoms with E-state index >= 15 is 0 Å². The number of hydrogen-bond acceptors (Lipinski definition) is 9. The van der Waals surface area contributed by atoms with E-state index in [-0.39, 0.29) is 29.9 Å². The molecule has 0 bridgehead atoms. The van der Waals surface area contributed by atoms with Gasteiger partial charge in [0.05, 0.1) is 35.7 Å². The maximum Gasteiger partial charge on any atom is 0.336 e. The zero-order chi connectivity index (χ0) is 26.9. The highest BCUT2D eigenvalue weighted by Gasteiger charge is 2.39. The van der Waals surface area contributed by atoms with Crippen LogP contribution in [0.1, 0.15) is 49.8 Å². The van der Waals surface area contributed by atoms with Crippen LogP contribution in [0.2, 0.25) is 0 Å². The SMILES string of the molecule is CCOC(=O)C1=C(CCC(OC=O)c2ccccc2)NC(C)=C(C(=O)OC)C1c1cccc([N+](=O)[O-])c1. The first-order valence-corrected chi connectivity index (χ1v) is 11.7. The standard InChI is InChI=1S/C27H28N2O8/c1-4-36-27(32)25-21(13-14-22(37-16-30)18-9-6-5-7-10-18)28-17(2)23(26(31)35-3)24(25)19-11-8-12-20(15-19)29(33)34/h5-12,15-16,22,24,28H,4,13-14H2,1-3H3. The molecule has 0 saturated carbocycles. The minimum Gasteiger partial charge on any atom is -0.466 e. The zero-order valence-electron chi connectivity index (χ0n) is 20.8. The molecule has 1 heterocycles. The molecule has 2 unspecified atom stereocenters. The van der Waals surface area contributed by atoms with E-state index in [0.717, 1.165) is 5.56 Å². The Morgan fingerprint density at radius 3 is 2.46 bits per heavy atom. The molecule has 1 aliphatic rings. The monoisotopic (exact) mass is 508 g/mol. The Kier molecular flexibility index (Phi) is 9.15. The second kappa shape index (κ2) is 12.5. The summed E-state index contributed by atoms with van der Waals surface area (Å²) in [7, 11) is 1.22. The van der Waals surface area contributed by atoms with Gasteiger partial charge in [0, 0.05) is 23.5 Å². The van der Waals surface area contributed by atoms with Gasteiger partial charge >= 0.3 is 11.9 Å². The third kappa shape index (κ3) is 6.21. The van der Waals surface area contributed by atoms with Crippen molar-refractivity contribution in [2.45, 2.75) is 38.7 Å². The quantitative estimate of drug-likeness (QED) is 0.155. The number of ether oxygens (including phenoxy) is 3. The van der Waals surface area contributed by atoms with Crippen LogP contribution in [0.25, 0.3) is 0 Å². The number of methoxy groups -OCH3 is 1. The molecule has 3 rings (SSSR count). The molecule has 0 aliphatic carbocycles. The Morgan fingerprint density at radius 1 is 1.11 bits per heavy atom. The third-order valence-electron chi connectivity index (χ3n) is 6.01. The number of rotatable bonds is 11. The smallest absolute Gasteiger partial charge is 0.336 e. The normalized spacial score (nSPS) is 15.9. The molecule has 2 aromatic rings. The average Bonchev–Trinajstić information content (AvgIpc) is 2.90. The summed E-state index contributed by atoms with van der Waals surface area (Å²) in [4.78, 5) is 48.3. The predicted molar refractivity (Wildman–Crippen MR) is 133 cm³/mol. The molecule has 194 valence electrons. The van der Waals surface area contributed by atoms with Gasteiger partial charge in [-0.3, -0.25) is 14.9 Å². The number of carbonyl (C=O) groups is 3. The Hall–Kier alpha value is -4.47. The Balaban J connectivity index is 2.14. The highest BCUT2D eigenvalue weighted by molar-refractivity contribution is 6.00. The summed E-state index contributed by atoms with van der Waals surface area (Å²) in [5.74, 6) is -2.35. The number of esters is 2. The van der Waals surface area contributed by atoms with E-state index in [1.54, 1.807) is 19.9 Å². The fourth-order valence-corrected chi connectivity index (χ4v) is 4.40. The number of benzene rings is 2. The highest BCUT2D eigenvalue weighted by Crippen LogP contribution is 2.41. The summed E-state index contributed by atoms with van der Waals surface area (Å²) in [5.41, 5.74) is 2.10. The molecular formula is C27H28N2O8.